The molecule has 66 valence electrons. The molecule has 0 radical (unpaired) electrons. The van der Waals surface area contributed by atoms with Gasteiger partial charge in [0, 0.05) is 6.04 Å². The molecule has 0 aromatic carbocycles. The summed E-state index contributed by atoms with van der Waals surface area (Å²) in [5.74, 6) is 0.887. The van der Waals surface area contributed by atoms with E-state index in [4.69, 9.17) is 5.73 Å². The lowest BCUT2D eigenvalue weighted by Gasteiger charge is -2.35. The van der Waals surface area contributed by atoms with E-state index in [9.17, 15) is 5.11 Å². The minimum absolute atomic E-state index is 0.0275. The van der Waals surface area contributed by atoms with E-state index in [1.165, 1.54) is 19.3 Å². The van der Waals surface area contributed by atoms with E-state index in [-0.39, 0.29) is 12.1 Å². The number of nitrogens with two attached hydrogens (primary N) is 1. The maximum Gasteiger partial charge on any atom is 0.0721 e. The Labute approximate surface area is 68.8 Å². The first-order valence-corrected chi connectivity index (χ1v) is 4.56. The van der Waals surface area contributed by atoms with Crippen molar-refractivity contribution >= 4 is 0 Å². The summed E-state index contributed by atoms with van der Waals surface area (Å²) in [5, 5.41) is 9.68. The summed E-state index contributed by atoms with van der Waals surface area (Å²) in [6.07, 6.45) is 3.35. The molecule has 2 atom stereocenters. The molecule has 1 rings (SSSR count). The highest BCUT2D eigenvalue weighted by atomic mass is 16.3. The van der Waals surface area contributed by atoms with E-state index in [2.05, 4.69) is 13.8 Å². The average Bonchev–Trinajstić information content (AvgIpc) is 1.82. The molecule has 1 aliphatic rings. The van der Waals surface area contributed by atoms with Crippen LogP contribution in [0.25, 0.3) is 0 Å². The maximum absolute atomic E-state index is 9.68. The lowest BCUT2D eigenvalue weighted by molar-refractivity contribution is 0.0297. The Balaban J connectivity index is 2.32. The molecule has 0 saturated heterocycles. The van der Waals surface area contributed by atoms with Gasteiger partial charge in [-0.1, -0.05) is 20.3 Å². The molecule has 0 heterocycles. The SMILES string of the molecule is CC(C)C(N)C(O)C1CCC1. The average molecular weight is 157 g/mol. The molecule has 0 aliphatic heterocycles. The van der Waals surface area contributed by atoms with Crippen LogP contribution >= 0.6 is 0 Å². The van der Waals surface area contributed by atoms with Crippen molar-refractivity contribution in [1.82, 2.24) is 0 Å². The standard InChI is InChI=1S/C9H19NO/c1-6(2)8(10)9(11)7-4-3-5-7/h6-9,11H,3-5,10H2,1-2H3. The molecule has 11 heavy (non-hydrogen) atoms. The predicted molar refractivity (Wildman–Crippen MR) is 46.2 cm³/mol. The van der Waals surface area contributed by atoms with Gasteiger partial charge in [-0.15, -0.1) is 0 Å². The van der Waals surface area contributed by atoms with Gasteiger partial charge in [-0.3, -0.25) is 0 Å². The topological polar surface area (TPSA) is 46.2 Å². The Kier molecular flexibility index (Phi) is 2.90. The van der Waals surface area contributed by atoms with Crippen LogP contribution in [-0.2, 0) is 0 Å². The summed E-state index contributed by atoms with van der Waals surface area (Å²) in [4.78, 5) is 0. The van der Waals surface area contributed by atoms with E-state index in [1.54, 1.807) is 0 Å². The molecule has 0 amide bonds. The number of hydrogen-bond donors (Lipinski definition) is 2. The highest BCUT2D eigenvalue weighted by Gasteiger charge is 2.30. The Bertz CT molecular complexity index is 121. The second kappa shape index (κ2) is 3.55. The summed E-state index contributed by atoms with van der Waals surface area (Å²) < 4.78 is 0. The van der Waals surface area contributed by atoms with Gasteiger partial charge in [-0.2, -0.15) is 0 Å². The molecule has 2 nitrogen and oxygen atoms in total. The smallest absolute Gasteiger partial charge is 0.0721 e. The van der Waals surface area contributed by atoms with Crippen LogP contribution in [0.2, 0.25) is 0 Å². The fraction of sp³-hybridized carbons (Fsp3) is 1.00. The summed E-state index contributed by atoms with van der Waals surface area (Å²) in [6, 6.07) is -0.0275. The van der Waals surface area contributed by atoms with E-state index in [0.29, 0.717) is 11.8 Å². The predicted octanol–water partition coefficient (Wildman–Crippen LogP) is 1.13. The van der Waals surface area contributed by atoms with Gasteiger partial charge in [0.05, 0.1) is 6.10 Å². The molecule has 0 spiro atoms. The van der Waals surface area contributed by atoms with Crippen molar-refractivity contribution in [2.45, 2.75) is 45.3 Å². The van der Waals surface area contributed by atoms with Crippen LogP contribution in [-0.4, -0.2) is 17.3 Å². The van der Waals surface area contributed by atoms with Crippen LogP contribution in [0.1, 0.15) is 33.1 Å². The molecular weight excluding hydrogens is 138 g/mol. The number of aliphatic hydroxyl groups excluding tert-OH is 1. The molecule has 0 aromatic rings. The second-order valence-electron chi connectivity index (χ2n) is 4.00. The number of hydrogen-bond acceptors (Lipinski definition) is 2. The van der Waals surface area contributed by atoms with Gasteiger partial charge in [0.25, 0.3) is 0 Å². The Morgan fingerprint density at radius 3 is 2.18 bits per heavy atom. The van der Waals surface area contributed by atoms with Gasteiger partial charge in [-0.05, 0) is 24.7 Å². The number of aliphatic hydroxyl groups is 1. The summed E-state index contributed by atoms with van der Waals surface area (Å²) in [5.41, 5.74) is 5.82. The third-order valence-corrected chi connectivity index (χ3v) is 2.80. The third-order valence-electron chi connectivity index (χ3n) is 2.80. The monoisotopic (exact) mass is 157 g/mol. The van der Waals surface area contributed by atoms with Crippen LogP contribution in [0, 0.1) is 11.8 Å². The van der Waals surface area contributed by atoms with E-state index in [0.717, 1.165) is 0 Å². The van der Waals surface area contributed by atoms with Crippen molar-refractivity contribution in [2.24, 2.45) is 17.6 Å². The molecule has 2 unspecified atom stereocenters. The van der Waals surface area contributed by atoms with Gasteiger partial charge in [0.2, 0.25) is 0 Å². The zero-order valence-electron chi connectivity index (χ0n) is 7.46. The highest BCUT2D eigenvalue weighted by Crippen LogP contribution is 2.31. The molecule has 2 heteroatoms. The Hall–Kier alpha value is -0.0800. The van der Waals surface area contributed by atoms with Crippen LogP contribution < -0.4 is 5.73 Å². The van der Waals surface area contributed by atoms with Gasteiger partial charge in [0.15, 0.2) is 0 Å². The van der Waals surface area contributed by atoms with Gasteiger partial charge >= 0.3 is 0 Å². The molecule has 3 N–H and O–H groups in total. The molecule has 0 aromatic heterocycles. The zero-order chi connectivity index (χ0) is 8.43. The van der Waals surface area contributed by atoms with Crippen LogP contribution in [0.15, 0.2) is 0 Å². The highest BCUT2D eigenvalue weighted by molar-refractivity contribution is 4.85. The Morgan fingerprint density at radius 2 is 1.91 bits per heavy atom. The molecular formula is C9H19NO. The molecule has 1 fully saturated rings. The third kappa shape index (κ3) is 1.94. The van der Waals surface area contributed by atoms with Crippen molar-refractivity contribution in [1.29, 1.82) is 0 Å². The van der Waals surface area contributed by atoms with Crippen LogP contribution in [0.4, 0.5) is 0 Å². The van der Waals surface area contributed by atoms with Crippen molar-refractivity contribution < 1.29 is 5.11 Å². The fourth-order valence-electron chi connectivity index (χ4n) is 1.49. The summed E-state index contributed by atoms with van der Waals surface area (Å²) in [6.45, 7) is 4.12. The van der Waals surface area contributed by atoms with E-state index >= 15 is 0 Å². The second-order valence-corrected chi connectivity index (χ2v) is 4.00. The first-order valence-electron chi connectivity index (χ1n) is 4.56. The van der Waals surface area contributed by atoms with Crippen molar-refractivity contribution in [3.05, 3.63) is 0 Å². The fourth-order valence-corrected chi connectivity index (χ4v) is 1.49. The summed E-state index contributed by atoms with van der Waals surface area (Å²) in [7, 11) is 0. The quantitative estimate of drug-likeness (QED) is 0.645. The first-order chi connectivity index (χ1) is 5.13. The van der Waals surface area contributed by atoms with Crippen molar-refractivity contribution in [2.75, 3.05) is 0 Å². The first kappa shape index (κ1) is 9.01. The van der Waals surface area contributed by atoms with Crippen LogP contribution in [0.3, 0.4) is 0 Å². The maximum atomic E-state index is 9.68. The van der Waals surface area contributed by atoms with Crippen molar-refractivity contribution in [3.63, 3.8) is 0 Å². The lowest BCUT2D eigenvalue weighted by atomic mass is 9.77. The molecule has 0 bridgehead atoms. The van der Waals surface area contributed by atoms with Crippen LogP contribution in [0.5, 0.6) is 0 Å². The lowest BCUT2D eigenvalue weighted by Crippen LogP contribution is -2.45. The zero-order valence-corrected chi connectivity index (χ0v) is 7.46. The minimum atomic E-state index is -0.260. The van der Waals surface area contributed by atoms with Crippen molar-refractivity contribution in [3.8, 4) is 0 Å². The van der Waals surface area contributed by atoms with E-state index in [1.807, 2.05) is 0 Å². The molecule has 1 aliphatic carbocycles. The van der Waals surface area contributed by atoms with Gasteiger partial charge in [-0.25, -0.2) is 0 Å². The number of rotatable bonds is 3. The molecule has 1 saturated carbocycles. The van der Waals surface area contributed by atoms with E-state index < -0.39 is 0 Å². The van der Waals surface area contributed by atoms with Gasteiger partial charge in [0.1, 0.15) is 0 Å². The summed E-state index contributed by atoms with van der Waals surface area (Å²) >= 11 is 0. The van der Waals surface area contributed by atoms with Gasteiger partial charge < -0.3 is 10.8 Å². The Morgan fingerprint density at radius 1 is 1.36 bits per heavy atom. The normalized spacial score (nSPS) is 24.8. The minimum Gasteiger partial charge on any atom is -0.391 e. The largest absolute Gasteiger partial charge is 0.391 e.